The van der Waals surface area contributed by atoms with Crippen LogP contribution in [0.3, 0.4) is 0 Å². The van der Waals surface area contributed by atoms with Crippen LogP contribution < -0.4 is 5.32 Å². The molecule has 0 bridgehead atoms. The summed E-state index contributed by atoms with van der Waals surface area (Å²) in [5, 5.41) is 2.79. The number of nitrogens with zero attached hydrogens (tertiary/aromatic N) is 1. The van der Waals surface area contributed by atoms with Gasteiger partial charge in [0.05, 0.1) is 6.04 Å². The Labute approximate surface area is 84.4 Å². The van der Waals surface area contributed by atoms with Gasteiger partial charge >= 0.3 is 12.3 Å². The topological polar surface area (TPSA) is 32.3 Å². The summed E-state index contributed by atoms with van der Waals surface area (Å²) in [4.78, 5) is 11.9. The van der Waals surface area contributed by atoms with Gasteiger partial charge in [-0.3, -0.25) is 4.79 Å². The third-order valence-electron chi connectivity index (χ3n) is 2.36. The van der Waals surface area contributed by atoms with Gasteiger partial charge in [0.25, 0.3) is 5.91 Å². The average Bonchev–Trinajstić information content (AvgIpc) is 2.09. The highest BCUT2D eigenvalue weighted by molar-refractivity contribution is 5.84. The van der Waals surface area contributed by atoms with Gasteiger partial charge in [-0.1, -0.05) is 0 Å². The summed E-state index contributed by atoms with van der Waals surface area (Å²) in [5.41, 5.74) is 0. The van der Waals surface area contributed by atoms with Gasteiger partial charge in [-0.15, -0.1) is 0 Å². The Bertz CT molecular complexity index is 243. The van der Waals surface area contributed by atoms with E-state index in [4.69, 9.17) is 0 Å². The lowest BCUT2D eigenvalue weighted by Gasteiger charge is -2.38. The molecule has 3 nitrogen and oxygen atoms in total. The second-order valence-corrected chi connectivity index (χ2v) is 3.33. The number of hydrogen-bond donors (Lipinski definition) is 1. The first-order valence-corrected chi connectivity index (χ1v) is 4.59. The van der Waals surface area contributed by atoms with Gasteiger partial charge in [0.15, 0.2) is 0 Å². The van der Waals surface area contributed by atoms with E-state index in [-0.39, 0.29) is 6.54 Å². The molecule has 0 aliphatic carbocycles. The molecule has 1 amide bonds. The SMILES string of the molecule is CCN(C(=O)C(F)(F)C(F)F)C1CNC1. The predicted octanol–water partition coefficient (Wildman–Crippen LogP) is 0.707. The number of hydrogen-bond acceptors (Lipinski definition) is 2. The molecule has 1 fully saturated rings. The Hall–Kier alpha value is -0.850. The molecule has 1 aliphatic heterocycles. The van der Waals surface area contributed by atoms with Crippen LogP contribution in [0.4, 0.5) is 17.6 Å². The molecule has 1 rings (SSSR count). The van der Waals surface area contributed by atoms with E-state index in [0.29, 0.717) is 13.1 Å². The summed E-state index contributed by atoms with van der Waals surface area (Å²) >= 11 is 0. The summed E-state index contributed by atoms with van der Waals surface area (Å²) in [6.45, 7) is 2.24. The first-order valence-electron chi connectivity index (χ1n) is 4.59. The summed E-state index contributed by atoms with van der Waals surface area (Å²) in [7, 11) is 0. The van der Waals surface area contributed by atoms with E-state index in [1.807, 2.05) is 0 Å². The van der Waals surface area contributed by atoms with Crippen LogP contribution >= 0.6 is 0 Å². The molecule has 0 radical (unpaired) electrons. The van der Waals surface area contributed by atoms with Crippen molar-refractivity contribution >= 4 is 5.91 Å². The maximum Gasteiger partial charge on any atom is 0.383 e. The van der Waals surface area contributed by atoms with Crippen LogP contribution in [0.2, 0.25) is 0 Å². The predicted molar refractivity (Wildman–Crippen MR) is 45.0 cm³/mol. The zero-order chi connectivity index (χ0) is 11.6. The average molecular weight is 228 g/mol. The smallest absolute Gasteiger partial charge is 0.332 e. The van der Waals surface area contributed by atoms with Gasteiger partial charge in [0, 0.05) is 19.6 Å². The Morgan fingerprint density at radius 1 is 1.53 bits per heavy atom. The third-order valence-corrected chi connectivity index (χ3v) is 2.36. The van der Waals surface area contributed by atoms with Crippen LogP contribution in [0.15, 0.2) is 0 Å². The van der Waals surface area contributed by atoms with Crippen molar-refractivity contribution in [3.05, 3.63) is 0 Å². The van der Waals surface area contributed by atoms with Crippen molar-refractivity contribution in [3.8, 4) is 0 Å². The van der Waals surface area contributed by atoms with Crippen LogP contribution in [0.5, 0.6) is 0 Å². The largest absolute Gasteiger partial charge is 0.383 e. The van der Waals surface area contributed by atoms with E-state index in [1.54, 1.807) is 0 Å². The van der Waals surface area contributed by atoms with Crippen LogP contribution in [-0.2, 0) is 4.79 Å². The van der Waals surface area contributed by atoms with Crippen molar-refractivity contribution in [2.24, 2.45) is 0 Å². The molecular formula is C8H12F4N2O. The molecule has 88 valence electrons. The van der Waals surface area contributed by atoms with E-state index < -0.39 is 24.3 Å². The summed E-state index contributed by atoms with van der Waals surface area (Å²) in [6.07, 6.45) is -3.95. The van der Waals surface area contributed by atoms with E-state index in [1.165, 1.54) is 6.92 Å². The molecule has 0 saturated carbocycles. The van der Waals surface area contributed by atoms with Crippen LogP contribution in [0, 0.1) is 0 Å². The first kappa shape index (κ1) is 12.2. The Balaban J connectivity index is 2.71. The van der Waals surface area contributed by atoms with Crippen molar-refractivity contribution in [1.29, 1.82) is 0 Å². The number of carbonyl (C=O) groups excluding carboxylic acids is 1. The summed E-state index contributed by atoms with van der Waals surface area (Å²) in [6, 6.07) is -0.396. The molecule has 1 N–H and O–H groups in total. The van der Waals surface area contributed by atoms with Gasteiger partial charge in [-0.05, 0) is 6.92 Å². The van der Waals surface area contributed by atoms with E-state index >= 15 is 0 Å². The number of carbonyl (C=O) groups is 1. The highest BCUT2D eigenvalue weighted by atomic mass is 19.3. The Morgan fingerprint density at radius 3 is 2.33 bits per heavy atom. The van der Waals surface area contributed by atoms with Crippen molar-refractivity contribution in [2.75, 3.05) is 19.6 Å². The first-order chi connectivity index (χ1) is 6.91. The van der Waals surface area contributed by atoms with Crippen LogP contribution in [0.25, 0.3) is 0 Å². The number of rotatable bonds is 4. The van der Waals surface area contributed by atoms with Gasteiger partial charge < -0.3 is 10.2 Å². The second kappa shape index (κ2) is 4.34. The minimum absolute atomic E-state index is 0.00743. The Morgan fingerprint density at radius 2 is 2.07 bits per heavy atom. The van der Waals surface area contributed by atoms with Crippen molar-refractivity contribution in [1.82, 2.24) is 10.2 Å². The van der Waals surface area contributed by atoms with E-state index in [9.17, 15) is 22.4 Å². The fraction of sp³-hybridized carbons (Fsp3) is 0.875. The molecule has 1 saturated heterocycles. The van der Waals surface area contributed by atoms with Crippen molar-refractivity contribution in [2.45, 2.75) is 25.3 Å². The number of halogens is 4. The number of likely N-dealkylation sites (N-methyl/N-ethyl adjacent to an activating group) is 1. The third kappa shape index (κ3) is 2.22. The molecule has 15 heavy (non-hydrogen) atoms. The standard InChI is InChI=1S/C8H12F4N2O/c1-2-14(5-3-13-4-5)7(15)8(11,12)6(9)10/h5-6,13H,2-4H2,1H3. The fourth-order valence-corrected chi connectivity index (χ4v) is 1.35. The molecule has 0 unspecified atom stereocenters. The van der Waals surface area contributed by atoms with E-state index in [0.717, 1.165) is 4.90 Å². The molecule has 0 aromatic rings. The molecule has 0 aromatic heterocycles. The lowest BCUT2D eigenvalue weighted by atomic mass is 10.1. The molecule has 7 heteroatoms. The zero-order valence-corrected chi connectivity index (χ0v) is 8.14. The molecule has 1 aliphatic rings. The number of alkyl halides is 4. The highest BCUT2D eigenvalue weighted by Gasteiger charge is 2.52. The van der Waals surface area contributed by atoms with Gasteiger partial charge in [-0.2, -0.15) is 8.78 Å². The van der Waals surface area contributed by atoms with Gasteiger partial charge in [0.2, 0.25) is 0 Å². The van der Waals surface area contributed by atoms with Crippen LogP contribution in [-0.4, -0.2) is 48.8 Å². The lowest BCUT2D eigenvalue weighted by molar-refractivity contribution is -0.183. The molecule has 0 spiro atoms. The maximum absolute atomic E-state index is 12.7. The van der Waals surface area contributed by atoms with Gasteiger partial charge in [-0.25, -0.2) is 8.78 Å². The number of nitrogens with one attached hydrogen (secondary N) is 1. The van der Waals surface area contributed by atoms with Crippen molar-refractivity contribution in [3.63, 3.8) is 0 Å². The normalized spacial score (nSPS) is 17.7. The van der Waals surface area contributed by atoms with Crippen LogP contribution in [0.1, 0.15) is 6.92 Å². The van der Waals surface area contributed by atoms with Crippen molar-refractivity contribution < 1.29 is 22.4 Å². The quantitative estimate of drug-likeness (QED) is 0.719. The maximum atomic E-state index is 12.7. The lowest BCUT2D eigenvalue weighted by Crippen LogP contribution is -2.62. The van der Waals surface area contributed by atoms with E-state index in [2.05, 4.69) is 5.32 Å². The minimum Gasteiger partial charge on any atom is -0.332 e. The molecule has 0 aromatic carbocycles. The Kier molecular flexibility index (Phi) is 3.54. The summed E-state index contributed by atoms with van der Waals surface area (Å²) < 4.78 is 49.3. The molecule has 1 heterocycles. The fourth-order valence-electron chi connectivity index (χ4n) is 1.35. The highest BCUT2D eigenvalue weighted by Crippen LogP contribution is 2.26. The second-order valence-electron chi connectivity index (χ2n) is 3.33. The molecule has 0 atom stereocenters. The summed E-state index contributed by atoms with van der Waals surface area (Å²) in [5.74, 6) is -6.36. The monoisotopic (exact) mass is 228 g/mol. The molecular weight excluding hydrogens is 216 g/mol. The number of amides is 1. The zero-order valence-electron chi connectivity index (χ0n) is 8.14. The van der Waals surface area contributed by atoms with Gasteiger partial charge in [0.1, 0.15) is 0 Å². The minimum atomic E-state index is -4.58.